The van der Waals surface area contributed by atoms with E-state index in [0.717, 1.165) is 11.8 Å². The highest BCUT2D eigenvalue weighted by atomic mass is 35.5. The van der Waals surface area contributed by atoms with Crippen molar-refractivity contribution in [1.29, 1.82) is 0 Å². The second-order valence-corrected chi connectivity index (χ2v) is 10.6. The minimum atomic E-state index is -3.60. The Morgan fingerprint density at radius 1 is 1.14 bits per heavy atom. The van der Waals surface area contributed by atoms with Gasteiger partial charge in [-0.15, -0.1) is 11.8 Å². The molecule has 1 unspecified atom stereocenters. The molecule has 1 atom stereocenters. The average molecular weight is 473 g/mol. The molecule has 1 N–H and O–H groups in total. The molecule has 1 fully saturated rings. The van der Waals surface area contributed by atoms with Crippen molar-refractivity contribution in [3.05, 3.63) is 57.6 Å². The molecule has 6 nitrogen and oxygen atoms in total. The Morgan fingerprint density at radius 2 is 1.79 bits per heavy atom. The molecule has 154 valence electrons. The summed E-state index contributed by atoms with van der Waals surface area (Å²) in [4.78, 5) is 27.3. The minimum Gasteiger partial charge on any atom is -0.324 e. The molecule has 0 spiro atoms. The van der Waals surface area contributed by atoms with Crippen molar-refractivity contribution in [3.8, 4) is 0 Å². The van der Waals surface area contributed by atoms with Gasteiger partial charge in [0, 0.05) is 27.7 Å². The highest BCUT2D eigenvalue weighted by Crippen LogP contribution is 2.28. The quantitative estimate of drug-likeness (QED) is 0.729. The summed E-state index contributed by atoms with van der Waals surface area (Å²) in [5, 5.41) is 3.47. The van der Waals surface area contributed by atoms with Gasteiger partial charge in [-0.25, -0.2) is 8.42 Å². The number of thioether (sulfide) groups is 1. The summed E-state index contributed by atoms with van der Waals surface area (Å²) in [7, 11) is -3.60. The Labute approximate surface area is 183 Å². The lowest BCUT2D eigenvalue weighted by atomic mass is 10.1. The lowest BCUT2D eigenvalue weighted by Gasteiger charge is -2.24. The first-order chi connectivity index (χ1) is 13.6. The Morgan fingerprint density at radius 3 is 2.41 bits per heavy atom. The van der Waals surface area contributed by atoms with Crippen molar-refractivity contribution in [1.82, 2.24) is 4.90 Å². The van der Waals surface area contributed by atoms with Crippen LogP contribution in [0.4, 0.5) is 5.69 Å². The predicted molar refractivity (Wildman–Crippen MR) is 117 cm³/mol. The number of amides is 2. The van der Waals surface area contributed by atoms with Gasteiger partial charge in [-0.2, -0.15) is 0 Å². The van der Waals surface area contributed by atoms with Crippen LogP contribution in [-0.4, -0.2) is 49.1 Å². The highest BCUT2D eigenvalue weighted by Gasteiger charge is 2.36. The molecule has 1 aliphatic heterocycles. The number of nitrogens with zero attached hydrogens (tertiary/aromatic N) is 1. The molecule has 1 heterocycles. The summed E-state index contributed by atoms with van der Waals surface area (Å²) in [5.74, 6) is -0.213. The number of benzene rings is 2. The molecular formula is C19H18Cl2N2O4S2. The van der Waals surface area contributed by atoms with Crippen LogP contribution in [-0.2, 0) is 14.6 Å². The third kappa shape index (κ3) is 5.06. The monoisotopic (exact) mass is 472 g/mol. The van der Waals surface area contributed by atoms with E-state index in [1.54, 1.807) is 31.2 Å². The number of rotatable bonds is 4. The molecule has 2 aromatic carbocycles. The van der Waals surface area contributed by atoms with Crippen molar-refractivity contribution in [2.45, 2.75) is 17.9 Å². The van der Waals surface area contributed by atoms with Crippen molar-refractivity contribution in [2.75, 3.05) is 23.2 Å². The van der Waals surface area contributed by atoms with E-state index in [0.29, 0.717) is 21.5 Å². The molecule has 10 heteroatoms. The summed E-state index contributed by atoms with van der Waals surface area (Å²) in [6.45, 7) is 1.77. The van der Waals surface area contributed by atoms with Crippen LogP contribution in [0, 0.1) is 6.92 Å². The first-order valence-corrected chi connectivity index (χ1v) is 12.3. The summed E-state index contributed by atoms with van der Waals surface area (Å²) in [6.07, 6.45) is 1.06. The number of anilines is 1. The molecule has 0 aromatic heterocycles. The summed E-state index contributed by atoms with van der Waals surface area (Å²) < 4.78 is 24.2. The Bertz CT molecular complexity index is 1070. The van der Waals surface area contributed by atoms with Gasteiger partial charge >= 0.3 is 0 Å². The van der Waals surface area contributed by atoms with E-state index in [-0.39, 0.29) is 16.3 Å². The van der Waals surface area contributed by atoms with Crippen LogP contribution >= 0.6 is 35.0 Å². The van der Waals surface area contributed by atoms with Crippen molar-refractivity contribution >= 4 is 62.3 Å². The van der Waals surface area contributed by atoms with Crippen LogP contribution in [0.2, 0.25) is 10.0 Å². The van der Waals surface area contributed by atoms with E-state index >= 15 is 0 Å². The van der Waals surface area contributed by atoms with Crippen molar-refractivity contribution in [3.63, 3.8) is 0 Å². The second-order valence-electron chi connectivity index (χ2n) is 6.71. The topological polar surface area (TPSA) is 83.6 Å². The normalized spacial score (nSPS) is 16.7. The number of sulfone groups is 1. The summed E-state index contributed by atoms with van der Waals surface area (Å²) in [5.41, 5.74) is 1.24. The van der Waals surface area contributed by atoms with Gasteiger partial charge < -0.3 is 10.2 Å². The van der Waals surface area contributed by atoms with E-state index < -0.39 is 27.7 Å². The number of hydrogen-bond donors (Lipinski definition) is 1. The molecule has 0 aliphatic carbocycles. The van der Waals surface area contributed by atoms with Crippen LogP contribution in [0.15, 0.2) is 41.3 Å². The molecule has 0 bridgehead atoms. The molecule has 2 amide bonds. The zero-order chi connectivity index (χ0) is 21.3. The van der Waals surface area contributed by atoms with Gasteiger partial charge in [-0.05, 0) is 37.3 Å². The van der Waals surface area contributed by atoms with E-state index in [2.05, 4.69) is 5.32 Å². The van der Waals surface area contributed by atoms with Crippen LogP contribution < -0.4 is 5.32 Å². The number of carbonyl (C=O) groups is 2. The first-order valence-electron chi connectivity index (χ1n) is 8.52. The van der Waals surface area contributed by atoms with Gasteiger partial charge in [0.1, 0.15) is 6.04 Å². The maximum Gasteiger partial charge on any atom is 0.256 e. The van der Waals surface area contributed by atoms with Crippen molar-refractivity contribution < 1.29 is 18.0 Å². The Kier molecular flexibility index (Phi) is 6.48. The second kappa shape index (κ2) is 8.55. The third-order valence-corrected chi connectivity index (χ3v) is 6.94. The van der Waals surface area contributed by atoms with E-state index in [1.807, 2.05) is 0 Å². The van der Waals surface area contributed by atoms with Crippen LogP contribution in [0.5, 0.6) is 0 Å². The molecular weight excluding hydrogens is 455 g/mol. The Hall–Kier alpha value is -1.74. The van der Waals surface area contributed by atoms with E-state index in [1.165, 1.54) is 28.8 Å². The van der Waals surface area contributed by atoms with Crippen molar-refractivity contribution in [2.24, 2.45) is 0 Å². The van der Waals surface area contributed by atoms with Gasteiger partial charge in [-0.3, -0.25) is 9.59 Å². The largest absolute Gasteiger partial charge is 0.324 e. The fourth-order valence-corrected chi connectivity index (χ4v) is 5.54. The maximum absolute atomic E-state index is 13.2. The standard InChI is InChI=1S/C19H18Cl2N2O4S2/c1-11-3-4-17(29(2,26)27)15(5-11)19(25)23-10-28-9-16(23)18(24)22-14-7-12(20)6-13(21)8-14/h3-8,16H,9-10H2,1-2H3,(H,22,24). The lowest BCUT2D eigenvalue weighted by molar-refractivity contribution is -0.119. The lowest BCUT2D eigenvalue weighted by Crippen LogP contribution is -2.44. The van der Waals surface area contributed by atoms with Gasteiger partial charge in [0.2, 0.25) is 5.91 Å². The van der Waals surface area contributed by atoms with Crippen LogP contribution in [0.3, 0.4) is 0 Å². The molecule has 1 aliphatic rings. The highest BCUT2D eigenvalue weighted by molar-refractivity contribution is 7.99. The number of nitrogens with one attached hydrogen (secondary N) is 1. The van der Waals surface area contributed by atoms with Gasteiger partial charge in [0.15, 0.2) is 9.84 Å². The molecule has 0 saturated carbocycles. The molecule has 1 saturated heterocycles. The average Bonchev–Trinajstić information content (AvgIpc) is 3.08. The predicted octanol–water partition coefficient (Wildman–Crippen LogP) is 3.86. The summed E-state index contributed by atoms with van der Waals surface area (Å²) >= 11 is 13.4. The zero-order valence-corrected chi connectivity index (χ0v) is 18.8. The molecule has 29 heavy (non-hydrogen) atoms. The number of aryl methyl sites for hydroxylation is 1. The van der Waals surface area contributed by atoms with Gasteiger partial charge in [0.05, 0.1) is 16.3 Å². The fraction of sp³-hybridized carbons (Fsp3) is 0.263. The van der Waals surface area contributed by atoms with E-state index in [4.69, 9.17) is 23.2 Å². The van der Waals surface area contributed by atoms with Crippen LogP contribution in [0.1, 0.15) is 15.9 Å². The zero-order valence-electron chi connectivity index (χ0n) is 15.6. The molecule has 0 radical (unpaired) electrons. The van der Waals surface area contributed by atoms with Gasteiger partial charge in [-0.1, -0.05) is 34.8 Å². The smallest absolute Gasteiger partial charge is 0.256 e. The van der Waals surface area contributed by atoms with E-state index in [9.17, 15) is 18.0 Å². The maximum atomic E-state index is 13.2. The third-order valence-electron chi connectivity index (χ3n) is 4.34. The first kappa shape index (κ1) is 22.0. The summed E-state index contributed by atoms with van der Waals surface area (Å²) in [6, 6.07) is 8.50. The number of hydrogen-bond acceptors (Lipinski definition) is 5. The van der Waals surface area contributed by atoms with Gasteiger partial charge in [0.25, 0.3) is 5.91 Å². The minimum absolute atomic E-state index is 0.0502. The molecule has 2 aromatic rings. The fourth-order valence-electron chi connectivity index (χ4n) is 3.00. The SMILES string of the molecule is Cc1ccc(S(C)(=O)=O)c(C(=O)N2CSCC2C(=O)Nc2cc(Cl)cc(Cl)c2)c1. The van der Waals surface area contributed by atoms with Crippen LogP contribution in [0.25, 0.3) is 0 Å². The molecule has 3 rings (SSSR count). The Balaban J connectivity index is 1.88. The number of carbonyl (C=O) groups excluding carboxylic acids is 2. The number of halogens is 2.